The van der Waals surface area contributed by atoms with Crippen LogP contribution in [-0.2, 0) is 0 Å². The molecule has 0 bridgehead atoms. The summed E-state index contributed by atoms with van der Waals surface area (Å²) in [5, 5.41) is 9.54. The fourth-order valence-electron chi connectivity index (χ4n) is 1.22. The Morgan fingerprint density at radius 2 is 2.38 bits per heavy atom. The van der Waals surface area contributed by atoms with Gasteiger partial charge in [0.05, 0.1) is 17.7 Å². The van der Waals surface area contributed by atoms with Gasteiger partial charge in [0.1, 0.15) is 0 Å². The van der Waals surface area contributed by atoms with Gasteiger partial charge < -0.3 is 0 Å². The highest BCUT2D eigenvalue weighted by Gasteiger charge is 2.13. The van der Waals surface area contributed by atoms with E-state index in [1.54, 1.807) is 12.3 Å². The first-order valence-corrected chi connectivity index (χ1v) is 4.59. The van der Waals surface area contributed by atoms with Crippen LogP contribution in [0.25, 0.3) is 0 Å². The second kappa shape index (κ2) is 4.25. The molecule has 0 aliphatic carbocycles. The van der Waals surface area contributed by atoms with Gasteiger partial charge in [0.25, 0.3) is 0 Å². The molecule has 3 heteroatoms. The van der Waals surface area contributed by atoms with Crippen molar-refractivity contribution in [3.05, 3.63) is 28.5 Å². The van der Waals surface area contributed by atoms with E-state index in [0.717, 1.165) is 17.7 Å². The van der Waals surface area contributed by atoms with Gasteiger partial charge in [-0.2, -0.15) is 5.26 Å². The van der Waals surface area contributed by atoms with Crippen molar-refractivity contribution in [2.24, 2.45) is 0 Å². The minimum atomic E-state index is -0.140. The molecule has 1 aromatic rings. The molecule has 0 fully saturated rings. The van der Waals surface area contributed by atoms with Gasteiger partial charge in [-0.05, 0) is 25.0 Å². The summed E-state index contributed by atoms with van der Waals surface area (Å²) in [6.45, 7) is 3.86. The van der Waals surface area contributed by atoms with Crippen molar-refractivity contribution in [1.82, 2.24) is 4.98 Å². The molecular weight excluding hydrogens is 184 g/mol. The minimum Gasteiger partial charge on any atom is -0.260 e. The normalized spacial score (nSPS) is 12.2. The van der Waals surface area contributed by atoms with Crippen LogP contribution in [0.4, 0.5) is 0 Å². The highest BCUT2D eigenvalue weighted by molar-refractivity contribution is 6.31. The maximum atomic E-state index is 8.86. The Balaban J connectivity index is 3.15. The quantitative estimate of drug-likeness (QED) is 0.726. The van der Waals surface area contributed by atoms with Crippen LogP contribution in [0.3, 0.4) is 0 Å². The third-order valence-electron chi connectivity index (χ3n) is 2.07. The third kappa shape index (κ3) is 1.99. The number of rotatable bonds is 2. The van der Waals surface area contributed by atoms with E-state index in [-0.39, 0.29) is 5.92 Å². The summed E-state index contributed by atoms with van der Waals surface area (Å²) in [5.74, 6) is -0.140. The van der Waals surface area contributed by atoms with E-state index >= 15 is 0 Å². The first-order chi connectivity index (χ1) is 6.20. The number of hydrogen-bond acceptors (Lipinski definition) is 2. The molecule has 0 spiro atoms. The Kier molecular flexibility index (Phi) is 3.27. The lowest BCUT2D eigenvalue weighted by Crippen LogP contribution is -2.00. The van der Waals surface area contributed by atoms with Crippen LogP contribution < -0.4 is 0 Å². The predicted octanol–water partition coefficient (Wildman–Crippen LogP) is 3.06. The van der Waals surface area contributed by atoms with Crippen LogP contribution in [0.2, 0.25) is 5.02 Å². The van der Waals surface area contributed by atoms with E-state index in [1.165, 1.54) is 0 Å². The smallest absolute Gasteiger partial charge is 0.0885 e. The zero-order valence-electron chi connectivity index (χ0n) is 7.71. The Labute approximate surface area is 83.2 Å². The molecule has 1 rings (SSSR count). The molecule has 0 radical (unpaired) electrons. The van der Waals surface area contributed by atoms with Gasteiger partial charge in [-0.1, -0.05) is 18.5 Å². The summed E-state index contributed by atoms with van der Waals surface area (Å²) >= 11 is 5.92. The molecular formula is C10H11ClN2. The van der Waals surface area contributed by atoms with Gasteiger partial charge in [-0.15, -0.1) is 0 Å². The van der Waals surface area contributed by atoms with E-state index < -0.39 is 0 Å². The zero-order chi connectivity index (χ0) is 9.84. The number of nitriles is 1. The molecule has 0 N–H and O–H groups in total. The lowest BCUT2D eigenvalue weighted by Gasteiger charge is -2.09. The second-order valence-electron chi connectivity index (χ2n) is 2.89. The van der Waals surface area contributed by atoms with E-state index in [0.29, 0.717) is 5.02 Å². The molecule has 0 aromatic carbocycles. The van der Waals surface area contributed by atoms with Gasteiger partial charge in [0.15, 0.2) is 0 Å². The van der Waals surface area contributed by atoms with Crippen LogP contribution in [0, 0.1) is 18.3 Å². The van der Waals surface area contributed by atoms with Gasteiger partial charge in [-0.25, -0.2) is 0 Å². The number of halogens is 1. The lowest BCUT2D eigenvalue weighted by molar-refractivity contribution is 0.779. The summed E-state index contributed by atoms with van der Waals surface area (Å²) in [6.07, 6.45) is 2.41. The van der Waals surface area contributed by atoms with Crippen LogP contribution in [-0.4, -0.2) is 4.98 Å². The van der Waals surface area contributed by atoms with Crippen molar-refractivity contribution in [1.29, 1.82) is 5.26 Å². The summed E-state index contributed by atoms with van der Waals surface area (Å²) in [7, 11) is 0. The molecule has 2 nitrogen and oxygen atoms in total. The standard InChI is InChI=1S/C10H11ClN2/c1-3-8(6-12)10-7(2)9(11)4-5-13-10/h4-5,8H,3H2,1-2H3. The maximum Gasteiger partial charge on any atom is 0.0885 e. The maximum absolute atomic E-state index is 8.86. The largest absolute Gasteiger partial charge is 0.260 e. The van der Waals surface area contributed by atoms with Gasteiger partial charge >= 0.3 is 0 Å². The molecule has 1 aromatic heterocycles. The number of pyridine rings is 1. The van der Waals surface area contributed by atoms with Gasteiger partial charge in [-0.3, -0.25) is 4.98 Å². The molecule has 0 saturated heterocycles. The van der Waals surface area contributed by atoms with Crippen LogP contribution >= 0.6 is 11.6 Å². The van der Waals surface area contributed by atoms with E-state index in [1.807, 2.05) is 13.8 Å². The molecule has 0 aliphatic rings. The first kappa shape index (κ1) is 10.0. The molecule has 1 unspecified atom stereocenters. The molecule has 68 valence electrons. The summed E-state index contributed by atoms with van der Waals surface area (Å²) in [6, 6.07) is 3.96. The van der Waals surface area contributed by atoms with Gasteiger partial charge in [0, 0.05) is 11.2 Å². The molecule has 1 heterocycles. The Bertz CT molecular complexity index is 341. The second-order valence-corrected chi connectivity index (χ2v) is 3.30. The van der Waals surface area contributed by atoms with Crippen molar-refractivity contribution < 1.29 is 0 Å². The lowest BCUT2D eigenvalue weighted by atomic mass is 10.00. The summed E-state index contributed by atoms with van der Waals surface area (Å²) < 4.78 is 0. The van der Waals surface area contributed by atoms with Crippen molar-refractivity contribution >= 4 is 11.6 Å². The fourth-order valence-corrected chi connectivity index (χ4v) is 1.38. The highest BCUT2D eigenvalue weighted by Crippen LogP contribution is 2.24. The molecule has 0 saturated carbocycles. The van der Waals surface area contributed by atoms with Gasteiger partial charge in [0.2, 0.25) is 0 Å². The van der Waals surface area contributed by atoms with Crippen molar-refractivity contribution in [2.75, 3.05) is 0 Å². The number of nitrogens with zero attached hydrogens (tertiary/aromatic N) is 2. The third-order valence-corrected chi connectivity index (χ3v) is 2.48. The first-order valence-electron chi connectivity index (χ1n) is 4.21. The highest BCUT2D eigenvalue weighted by atomic mass is 35.5. The van der Waals surface area contributed by atoms with E-state index in [4.69, 9.17) is 16.9 Å². The van der Waals surface area contributed by atoms with Crippen LogP contribution in [0.5, 0.6) is 0 Å². The predicted molar refractivity (Wildman–Crippen MR) is 52.6 cm³/mol. The summed E-state index contributed by atoms with van der Waals surface area (Å²) in [4.78, 5) is 4.17. The van der Waals surface area contributed by atoms with Crippen molar-refractivity contribution in [2.45, 2.75) is 26.2 Å². The monoisotopic (exact) mass is 194 g/mol. The molecule has 0 amide bonds. The SMILES string of the molecule is CCC(C#N)c1nccc(Cl)c1C. The van der Waals surface area contributed by atoms with E-state index in [2.05, 4.69) is 11.1 Å². The van der Waals surface area contributed by atoms with E-state index in [9.17, 15) is 0 Å². The molecule has 0 aliphatic heterocycles. The number of hydrogen-bond donors (Lipinski definition) is 0. The summed E-state index contributed by atoms with van der Waals surface area (Å²) in [5.41, 5.74) is 1.72. The Morgan fingerprint density at radius 3 is 2.92 bits per heavy atom. The van der Waals surface area contributed by atoms with Crippen molar-refractivity contribution in [3.8, 4) is 6.07 Å². The van der Waals surface area contributed by atoms with Crippen LogP contribution in [0.1, 0.15) is 30.5 Å². The van der Waals surface area contributed by atoms with Crippen molar-refractivity contribution in [3.63, 3.8) is 0 Å². The average molecular weight is 195 g/mol. The average Bonchev–Trinajstić information content (AvgIpc) is 2.14. The zero-order valence-corrected chi connectivity index (χ0v) is 8.47. The molecule has 13 heavy (non-hydrogen) atoms. The topological polar surface area (TPSA) is 36.7 Å². The molecule has 1 atom stereocenters. The van der Waals surface area contributed by atoms with Crippen LogP contribution in [0.15, 0.2) is 12.3 Å². The Morgan fingerprint density at radius 1 is 1.69 bits per heavy atom. The minimum absolute atomic E-state index is 0.140. The Hall–Kier alpha value is -1.07. The fraction of sp³-hybridized carbons (Fsp3) is 0.400. The number of aromatic nitrogens is 1.